The van der Waals surface area contributed by atoms with E-state index in [9.17, 15) is 8.42 Å². The van der Waals surface area contributed by atoms with Gasteiger partial charge in [-0.05, 0) is 49.9 Å². The van der Waals surface area contributed by atoms with Crippen molar-refractivity contribution in [2.45, 2.75) is 32.6 Å². The topological polar surface area (TPSA) is 34.1 Å². The van der Waals surface area contributed by atoms with Gasteiger partial charge in [0.05, 0.1) is 4.90 Å². The molecule has 0 heterocycles. The van der Waals surface area contributed by atoms with Gasteiger partial charge in [0.1, 0.15) is 0 Å². The average Bonchev–Trinajstić information content (AvgIpc) is 1.97. The summed E-state index contributed by atoms with van der Waals surface area (Å²) in [5, 5.41) is 0. The molecule has 0 aromatic heterocycles. The van der Waals surface area contributed by atoms with E-state index in [1.165, 1.54) is 0 Å². The lowest BCUT2D eigenvalue weighted by molar-refractivity contribution is 0.608. The Bertz CT molecular complexity index is 475. The molecule has 0 fully saturated rings. The Hall–Kier alpha value is -0.540. The Kier molecular flexibility index (Phi) is 2.93. The molecule has 0 unspecified atom stereocenters. The minimum Gasteiger partial charge on any atom is -0.207 e. The molecule has 0 saturated heterocycles. The van der Waals surface area contributed by atoms with Crippen molar-refractivity contribution in [2.24, 2.45) is 0 Å². The van der Waals surface area contributed by atoms with Crippen LogP contribution in [0.25, 0.3) is 0 Å². The second-order valence-electron chi connectivity index (χ2n) is 3.53. The summed E-state index contributed by atoms with van der Waals surface area (Å²) in [5.41, 5.74) is 3.52. The highest BCUT2D eigenvalue weighted by Crippen LogP contribution is 2.27. The first-order valence-corrected chi connectivity index (χ1v) is 6.58. The first-order valence-electron chi connectivity index (χ1n) is 4.27. The standard InChI is InChI=1S/C10H13ClO2S/c1-6-5-7(2)10(14(11,12)13)9(4)8(6)3/h5H,1-4H3. The Balaban J connectivity index is 3.70. The van der Waals surface area contributed by atoms with Crippen LogP contribution in [-0.4, -0.2) is 8.42 Å². The Morgan fingerprint density at radius 1 is 1.00 bits per heavy atom. The molecule has 0 bridgehead atoms. The third-order valence-corrected chi connectivity index (χ3v) is 4.11. The summed E-state index contributed by atoms with van der Waals surface area (Å²) in [6.45, 7) is 7.40. The molecule has 1 aromatic carbocycles. The average molecular weight is 233 g/mol. The Morgan fingerprint density at radius 2 is 1.50 bits per heavy atom. The van der Waals surface area contributed by atoms with Gasteiger partial charge in [-0.15, -0.1) is 0 Å². The van der Waals surface area contributed by atoms with Gasteiger partial charge in [0.15, 0.2) is 0 Å². The van der Waals surface area contributed by atoms with Crippen LogP contribution in [0.3, 0.4) is 0 Å². The fourth-order valence-electron chi connectivity index (χ4n) is 1.64. The van der Waals surface area contributed by atoms with Crippen molar-refractivity contribution >= 4 is 19.7 Å². The van der Waals surface area contributed by atoms with Crippen LogP contribution in [0.5, 0.6) is 0 Å². The van der Waals surface area contributed by atoms with Crippen LogP contribution in [0.15, 0.2) is 11.0 Å². The second kappa shape index (κ2) is 3.55. The number of hydrogen-bond acceptors (Lipinski definition) is 2. The SMILES string of the molecule is Cc1cc(C)c(S(=O)(=O)Cl)c(C)c1C. The zero-order valence-electron chi connectivity index (χ0n) is 8.68. The summed E-state index contributed by atoms with van der Waals surface area (Å²) in [7, 11) is 1.73. The van der Waals surface area contributed by atoms with E-state index in [-0.39, 0.29) is 4.90 Å². The van der Waals surface area contributed by atoms with Crippen molar-refractivity contribution < 1.29 is 8.42 Å². The van der Waals surface area contributed by atoms with E-state index in [1.807, 2.05) is 19.9 Å². The zero-order valence-corrected chi connectivity index (χ0v) is 10.3. The van der Waals surface area contributed by atoms with Crippen molar-refractivity contribution in [3.8, 4) is 0 Å². The van der Waals surface area contributed by atoms with Crippen molar-refractivity contribution in [1.29, 1.82) is 0 Å². The molecule has 0 amide bonds. The van der Waals surface area contributed by atoms with Crippen LogP contribution in [0.4, 0.5) is 0 Å². The maximum absolute atomic E-state index is 11.3. The van der Waals surface area contributed by atoms with Gasteiger partial charge in [0, 0.05) is 10.7 Å². The molecule has 78 valence electrons. The number of hydrogen-bond donors (Lipinski definition) is 0. The van der Waals surface area contributed by atoms with E-state index >= 15 is 0 Å². The van der Waals surface area contributed by atoms with Crippen LogP contribution < -0.4 is 0 Å². The molecule has 14 heavy (non-hydrogen) atoms. The maximum Gasteiger partial charge on any atom is 0.261 e. The van der Waals surface area contributed by atoms with Crippen LogP contribution in [-0.2, 0) is 9.05 Å². The van der Waals surface area contributed by atoms with E-state index in [4.69, 9.17) is 10.7 Å². The number of benzene rings is 1. The molecule has 2 nitrogen and oxygen atoms in total. The molecule has 4 heteroatoms. The molecule has 0 N–H and O–H groups in total. The lowest BCUT2D eigenvalue weighted by Crippen LogP contribution is -2.01. The van der Waals surface area contributed by atoms with Crippen molar-refractivity contribution in [2.75, 3.05) is 0 Å². The summed E-state index contributed by atoms with van der Waals surface area (Å²) >= 11 is 0. The molecule has 0 aliphatic heterocycles. The van der Waals surface area contributed by atoms with Crippen LogP contribution in [0.1, 0.15) is 22.3 Å². The Morgan fingerprint density at radius 3 is 1.93 bits per heavy atom. The van der Waals surface area contributed by atoms with Gasteiger partial charge in [-0.25, -0.2) is 8.42 Å². The molecule has 1 aromatic rings. The van der Waals surface area contributed by atoms with Crippen molar-refractivity contribution in [3.63, 3.8) is 0 Å². The smallest absolute Gasteiger partial charge is 0.207 e. The zero-order chi connectivity index (χ0) is 11.1. The van der Waals surface area contributed by atoms with E-state index in [0.717, 1.165) is 16.7 Å². The summed E-state index contributed by atoms with van der Waals surface area (Å²) in [5.74, 6) is 0. The highest BCUT2D eigenvalue weighted by atomic mass is 35.7. The van der Waals surface area contributed by atoms with E-state index in [1.54, 1.807) is 13.8 Å². The highest BCUT2D eigenvalue weighted by molar-refractivity contribution is 8.13. The number of aryl methyl sites for hydroxylation is 2. The molecule has 1 rings (SSSR count). The van der Waals surface area contributed by atoms with Gasteiger partial charge in [-0.1, -0.05) is 6.07 Å². The number of halogens is 1. The van der Waals surface area contributed by atoms with Crippen LogP contribution >= 0.6 is 10.7 Å². The summed E-state index contributed by atoms with van der Waals surface area (Å²) < 4.78 is 22.6. The quantitative estimate of drug-likeness (QED) is 0.698. The Labute approximate surface area is 89.3 Å². The van der Waals surface area contributed by atoms with Gasteiger partial charge < -0.3 is 0 Å². The fourth-order valence-corrected chi connectivity index (χ4v) is 3.31. The first kappa shape index (κ1) is 11.5. The number of rotatable bonds is 1. The van der Waals surface area contributed by atoms with E-state index < -0.39 is 9.05 Å². The molecular weight excluding hydrogens is 220 g/mol. The lowest BCUT2D eigenvalue weighted by Gasteiger charge is -2.11. The third-order valence-electron chi connectivity index (χ3n) is 2.53. The van der Waals surface area contributed by atoms with Gasteiger partial charge in [0.2, 0.25) is 0 Å². The van der Waals surface area contributed by atoms with Crippen LogP contribution in [0, 0.1) is 27.7 Å². The van der Waals surface area contributed by atoms with E-state index in [2.05, 4.69) is 0 Å². The predicted molar refractivity (Wildman–Crippen MR) is 58.4 cm³/mol. The third kappa shape index (κ3) is 1.93. The molecule has 0 aliphatic rings. The van der Waals surface area contributed by atoms with Gasteiger partial charge >= 0.3 is 0 Å². The molecule has 0 aliphatic carbocycles. The maximum atomic E-state index is 11.3. The van der Waals surface area contributed by atoms with Crippen LogP contribution in [0.2, 0.25) is 0 Å². The van der Waals surface area contributed by atoms with Crippen molar-refractivity contribution in [1.82, 2.24) is 0 Å². The lowest BCUT2D eigenvalue weighted by atomic mass is 10.0. The molecule has 0 saturated carbocycles. The van der Waals surface area contributed by atoms with Gasteiger partial charge in [-0.2, -0.15) is 0 Å². The fraction of sp³-hybridized carbons (Fsp3) is 0.400. The minimum atomic E-state index is -3.63. The summed E-state index contributed by atoms with van der Waals surface area (Å²) in [4.78, 5) is 0.252. The minimum absolute atomic E-state index is 0.252. The molecule has 0 spiro atoms. The molecule has 0 atom stereocenters. The predicted octanol–water partition coefficient (Wildman–Crippen LogP) is 2.85. The van der Waals surface area contributed by atoms with Gasteiger partial charge in [-0.3, -0.25) is 0 Å². The van der Waals surface area contributed by atoms with Crippen molar-refractivity contribution in [3.05, 3.63) is 28.3 Å². The largest absolute Gasteiger partial charge is 0.261 e. The molecule has 0 radical (unpaired) electrons. The molecular formula is C10H13ClO2S. The van der Waals surface area contributed by atoms with E-state index in [0.29, 0.717) is 5.56 Å². The monoisotopic (exact) mass is 232 g/mol. The summed E-state index contributed by atoms with van der Waals surface area (Å²) in [6.07, 6.45) is 0. The normalized spacial score (nSPS) is 11.8. The summed E-state index contributed by atoms with van der Waals surface area (Å²) in [6, 6.07) is 1.84. The second-order valence-corrected chi connectivity index (χ2v) is 6.03. The van der Waals surface area contributed by atoms with Gasteiger partial charge in [0.25, 0.3) is 9.05 Å². The first-order chi connectivity index (χ1) is 6.25. The highest BCUT2D eigenvalue weighted by Gasteiger charge is 2.18.